The number of hydrogen-bond donors (Lipinski definition) is 0. The van der Waals surface area contributed by atoms with Crippen molar-refractivity contribution in [3.8, 4) is 0 Å². The SMILES string of the molecule is Fc1ccc(CN2CCN(c3ccccc3Cl)CC2)c2ncccc12. The monoisotopic (exact) mass is 355 g/mol. The number of pyridine rings is 1. The maximum atomic E-state index is 13.9. The Kier molecular flexibility index (Phi) is 4.55. The standard InChI is InChI=1S/C20H19ClFN3/c21-17-5-1-2-6-19(17)25-12-10-24(11-13-25)14-15-7-8-18(22)16-4-3-9-23-20(15)16/h1-9H,10-14H2. The fourth-order valence-corrected chi connectivity index (χ4v) is 3.68. The van der Waals surface area contributed by atoms with Crippen molar-refractivity contribution in [1.82, 2.24) is 9.88 Å². The van der Waals surface area contributed by atoms with E-state index in [1.165, 1.54) is 0 Å². The molecule has 0 atom stereocenters. The average Bonchev–Trinajstić information content (AvgIpc) is 2.65. The first-order valence-corrected chi connectivity index (χ1v) is 8.84. The van der Waals surface area contributed by atoms with Crippen LogP contribution in [-0.4, -0.2) is 36.1 Å². The van der Waals surface area contributed by atoms with Gasteiger partial charge in [0.15, 0.2) is 0 Å². The summed E-state index contributed by atoms with van der Waals surface area (Å²) >= 11 is 6.30. The number of piperazine rings is 1. The van der Waals surface area contributed by atoms with Gasteiger partial charge < -0.3 is 4.90 Å². The third-order valence-corrected chi connectivity index (χ3v) is 5.08. The Labute approximate surface area is 151 Å². The van der Waals surface area contributed by atoms with Gasteiger partial charge >= 0.3 is 0 Å². The zero-order valence-electron chi connectivity index (χ0n) is 13.8. The van der Waals surface area contributed by atoms with Gasteiger partial charge in [-0.15, -0.1) is 0 Å². The Balaban J connectivity index is 1.48. The van der Waals surface area contributed by atoms with Crippen LogP contribution in [0.3, 0.4) is 0 Å². The van der Waals surface area contributed by atoms with Gasteiger partial charge in [-0.3, -0.25) is 9.88 Å². The van der Waals surface area contributed by atoms with Crippen LogP contribution in [0.4, 0.5) is 10.1 Å². The molecule has 1 saturated heterocycles. The van der Waals surface area contributed by atoms with Gasteiger partial charge in [0.05, 0.1) is 16.2 Å². The second-order valence-corrected chi connectivity index (χ2v) is 6.73. The lowest BCUT2D eigenvalue weighted by Gasteiger charge is -2.36. The molecule has 25 heavy (non-hydrogen) atoms. The van der Waals surface area contributed by atoms with Crippen LogP contribution < -0.4 is 4.90 Å². The highest BCUT2D eigenvalue weighted by molar-refractivity contribution is 6.33. The molecule has 3 aromatic rings. The van der Waals surface area contributed by atoms with E-state index in [0.717, 1.165) is 54.5 Å². The van der Waals surface area contributed by atoms with Gasteiger partial charge in [0, 0.05) is 44.3 Å². The molecule has 1 aliphatic heterocycles. The quantitative estimate of drug-likeness (QED) is 0.696. The molecule has 0 aliphatic carbocycles. The molecule has 4 rings (SSSR count). The van der Waals surface area contributed by atoms with Crippen molar-refractivity contribution in [3.63, 3.8) is 0 Å². The molecule has 3 nitrogen and oxygen atoms in total. The van der Waals surface area contributed by atoms with Crippen LogP contribution in [0.25, 0.3) is 10.9 Å². The summed E-state index contributed by atoms with van der Waals surface area (Å²) in [5.41, 5.74) is 2.93. The summed E-state index contributed by atoms with van der Waals surface area (Å²) in [6.45, 7) is 4.52. The first kappa shape index (κ1) is 16.3. The van der Waals surface area contributed by atoms with Gasteiger partial charge in [-0.2, -0.15) is 0 Å². The maximum Gasteiger partial charge on any atom is 0.132 e. The first-order chi connectivity index (χ1) is 12.2. The average molecular weight is 356 g/mol. The van der Waals surface area contributed by atoms with E-state index >= 15 is 0 Å². The van der Waals surface area contributed by atoms with Crippen LogP contribution in [-0.2, 0) is 6.54 Å². The van der Waals surface area contributed by atoms with E-state index in [0.29, 0.717) is 5.39 Å². The number of halogens is 2. The van der Waals surface area contributed by atoms with E-state index in [1.54, 1.807) is 24.4 Å². The molecular weight excluding hydrogens is 337 g/mol. The second-order valence-electron chi connectivity index (χ2n) is 6.32. The molecule has 5 heteroatoms. The lowest BCUT2D eigenvalue weighted by atomic mass is 10.1. The smallest absolute Gasteiger partial charge is 0.132 e. The van der Waals surface area contributed by atoms with E-state index in [4.69, 9.17) is 11.6 Å². The summed E-state index contributed by atoms with van der Waals surface area (Å²) in [7, 11) is 0. The lowest BCUT2D eigenvalue weighted by Crippen LogP contribution is -2.46. The fourth-order valence-electron chi connectivity index (χ4n) is 3.42. The minimum absolute atomic E-state index is 0.213. The van der Waals surface area contributed by atoms with E-state index in [2.05, 4.69) is 20.9 Å². The Bertz CT molecular complexity index is 891. The van der Waals surface area contributed by atoms with Gasteiger partial charge in [-0.1, -0.05) is 29.8 Å². The molecule has 0 spiro atoms. The van der Waals surface area contributed by atoms with E-state index in [-0.39, 0.29) is 5.82 Å². The normalized spacial score (nSPS) is 15.7. The zero-order chi connectivity index (χ0) is 17.2. The number of hydrogen-bond acceptors (Lipinski definition) is 3. The number of benzene rings is 2. The summed E-state index contributed by atoms with van der Waals surface area (Å²) in [5.74, 6) is -0.213. The van der Waals surface area contributed by atoms with Crippen molar-refractivity contribution in [2.24, 2.45) is 0 Å². The second kappa shape index (κ2) is 6.98. The molecule has 1 fully saturated rings. The molecule has 0 radical (unpaired) electrons. The summed E-state index contributed by atoms with van der Waals surface area (Å²) in [5, 5.41) is 1.39. The highest BCUT2D eigenvalue weighted by Gasteiger charge is 2.19. The lowest BCUT2D eigenvalue weighted by molar-refractivity contribution is 0.250. The molecule has 0 N–H and O–H groups in total. The van der Waals surface area contributed by atoms with Crippen LogP contribution in [0, 0.1) is 5.82 Å². The molecule has 1 aromatic heterocycles. The highest BCUT2D eigenvalue weighted by Crippen LogP contribution is 2.27. The molecule has 2 aromatic carbocycles. The summed E-state index contributed by atoms with van der Waals surface area (Å²) in [6, 6.07) is 14.9. The molecular formula is C20H19ClFN3. The van der Waals surface area contributed by atoms with Crippen LogP contribution in [0.2, 0.25) is 5.02 Å². The number of anilines is 1. The molecule has 1 aliphatic rings. The van der Waals surface area contributed by atoms with Crippen LogP contribution in [0.1, 0.15) is 5.56 Å². The highest BCUT2D eigenvalue weighted by atomic mass is 35.5. The Morgan fingerprint density at radius 1 is 0.960 bits per heavy atom. The minimum Gasteiger partial charge on any atom is -0.368 e. The molecule has 128 valence electrons. The van der Waals surface area contributed by atoms with E-state index in [1.807, 2.05) is 24.3 Å². The van der Waals surface area contributed by atoms with E-state index in [9.17, 15) is 4.39 Å². The van der Waals surface area contributed by atoms with Crippen molar-refractivity contribution in [2.45, 2.75) is 6.54 Å². The molecule has 0 amide bonds. The van der Waals surface area contributed by atoms with Crippen LogP contribution >= 0.6 is 11.6 Å². The molecule has 0 unspecified atom stereocenters. The zero-order valence-corrected chi connectivity index (χ0v) is 14.6. The Morgan fingerprint density at radius 3 is 2.56 bits per heavy atom. The number of aromatic nitrogens is 1. The van der Waals surface area contributed by atoms with Gasteiger partial charge in [-0.05, 0) is 35.9 Å². The first-order valence-electron chi connectivity index (χ1n) is 8.46. The number of rotatable bonds is 3. The molecule has 2 heterocycles. The van der Waals surface area contributed by atoms with Crippen molar-refractivity contribution < 1.29 is 4.39 Å². The van der Waals surface area contributed by atoms with Gasteiger partial charge in [-0.25, -0.2) is 4.39 Å². The molecule has 0 saturated carbocycles. The summed E-state index contributed by atoms with van der Waals surface area (Å²) in [4.78, 5) is 9.09. The van der Waals surface area contributed by atoms with Crippen LogP contribution in [0.5, 0.6) is 0 Å². The van der Waals surface area contributed by atoms with Crippen molar-refractivity contribution in [1.29, 1.82) is 0 Å². The Morgan fingerprint density at radius 2 is 1.76 bits per heavy atom. The maximum absolute atomic E-state index is 13.9. The fraction of sp³-hybridized carbons (Fsp3) is 0.250. The Hall–Kier alpha value is -2.17. The van der Waals surface area contributed by atoms with Gasteiger partial charge in [0.25, 0.3) is 0 Å². The van der Waals surface area contributed by atoms with Crippen LogP contribution in [0.15, 0.2) is 54.7 Å². The number of nitrogens with zero attached hydrogens (tertiary/aromatic N) is 3. The van der Waals surface area contributed by atoms with Crippen molar-refractivity contribution in [3.05, 3.63) is 71.1 Å². The van der Waals surface area contributed by atoms with Crippen molar-refractivity contribution >= 4 is 28.2 Å². The van der Waals surface area contributed by atoms with Crippen molar-refractivity contribution in [2.75, 3.05) is 31.1 Å². The number of para-hydroxylation sites is 1. The largest absolute Gasteiger partial charge is 0.368 e. The third-order valence-electron chi connectivity index (χ3n) is 4.76. The summed E-state index contributed by atoms with van der Waals surface area (Å²) in [6.07, 6.45) is 1.72. The van der Waals surface area contributed by atoms with Gasteiger partial charge in [0.2, 0.25) is 0 Å². The topological polar surface area (TPSA) is 19.4 Å². The summed E-state index contributed by atoms with van der Waals surface area (Å²) < 4.78 is 13.9. The minimum atomic E-state index is -0.213. The van der Waals surface area contributed by atoms with E-state index < -0.39 is 0 Å². The predicted octanol–water partition coefficient (Wildman–Crippen LogP) is 4.35. The number of fused-ring (bicyclic) bond motifs is 1. The molecule has 0 bridgehead atoms. The van der Waals surface area contributed by atoms with Gasteiger partial charge in [0.1, 0.15) is 5.82 Å². The predicted molar refractivity (Wildman–Crippen MR) is 101 cm³/mol. The third kappa shape index (κ3) is 3.32.